The van der Waals surface area contributed by atoms with E-state index < -0.39 is 0 Å². The van der Waals surface area contributed by atoms with Crippen molar-refractivity contribution in [2.75, 3.05) is 13.2 Å². The number of ether oxygens (including phenoxy) is 2. The summed E-state index contributed by atoms with van der Waals surface area (Å²) in [5.74, 6) is 14.5. The van der Waals surface area contributed by atoms with Gasteiger partial charge in [-0.25, -0.2) is 4.98 Å². The second-order valence-corrected chi connectivity index (χ2v) is 9.51. The molecule has 0 aliphatic rings. The molecule has 0 fully saturated rings. The predicted molar refractivity (Wildman–Crippen MR) is 158 cm³/mol. The van der Waals surface area contributed by atoms with Crippen molar-refractivity contribution in [3.05, 3.63) is 89.2 Å². The summed E-state index contributed by atoms with van der Waals surface area (Å²) >= 11 is 0. The first-order valence-electron chi connectivity index (χ1n) is 14.2. The molecule has 0 N–H and O–H groups in total. The molecule has 0 aliphatic heterocycles. The molecule has 0 saturated carbocycles. The second-order valence-electron chi connectivity index (χ2n) is 9.51. The van der Waals surface area contributed by atoms with Gasteiger partial charge in [-0.05, 0) is 79.4 Å². The molecule has 198 valence electrons. The average molecular weight is 508 g/mol. The zero-order valence-corrected chi connectivity index (χ0v) is 23.1. The summed E-state index contributed by atoms with van der Waals surface area (Å²) in [6, 6.07) is 19.8. The minimum Gasteiger partial charge on any atom is -0.494 e. The summed E-state index contributed by atoms with van der Waals surface area (Å²) < 4.78 is 11.7. The lowest BCUT2D eigenvalue weighted by Crippen LogP contribution is -1.97. The van der Waals surface area contributed by atoms with Gasteiger partial charge in [-0.2, -0.15) is 0 Å². The van der Waals surface area contributed by atoms with Crippen molar-refractivity contribution in [3.63, 3.8) is 0 Å². The monoisotopic (exact) mass is 507 g/mol. The van der Waals surface area contributed by atoms with Gasteiger partial charge in [0.1, 0.15) is 17.2 Å². The lowest BCUT2D eigenvalue weighted by Gasteiger charge is -2.05. The SMILES string of the molecule is CCCCCCCOc1ccc(C#Cc2ccc(C#Cc3ccc(OCCCCCCC)cc3)nc2)cc1. The van der Waals surface area contributed by atoms with Crippen molar-refractivity contribution in [1.82, 2.24) is 4.98 Å². The fourth-order valence-electron chi connectivity index (χ4n) is 3.88. The molecule has 3 rings (SSSR count). The zero-order valence-electron chi connectivity index (χ0n) is 23.1. The van der Waals surface area contributed by atoms with E-state index in [4.69, 9.17) is 9.47 Å². The van der Waals surface area contributed by atoms with E-state index in [0.717, 1.165) is 59.9 Å². The van der Waals surface area contributed by atoms with Gasteiger partial charge in [-0.3, -0.25) is 0 Å². The van der Waals surface area contributed by atoms with Crippen LogP contribution in [0.15, 0.2) is 66.9 Å². The Morgan fingerprint density at radius 3 is 1.42 bits per heavy atom. The summed E-state index contributed by atoms with van der Waals surface area (Å²) in [6.07, 6.45) is 14.2. The highest BCUT2D eigenvalue weighted by Crippen LogP contribution is 2.14. The Morgan fingerprint density at radius 1 is 0.500 bits per heavy atom. The van der Waals surface area contributed by atoms with E-state index in [1.165, 1.54) is 51.4 Å². The molecule has 0 saturated heterocycles. The van der Waals surface area contributed by atoms with Crippen LogP contribution in [0.2, 0.25) is 0 Å². The minimum atomic E-state index is 0.721. The lowest BCUT2D eigenvalue weighted by molar-refractivity contribution is 0.304. The van der Waals surface area contributed by atoms with E-state index in [9.17, 15) is 0 Å². The van der Waals surface area contributed by atoms with Crippen LogP contribution in [-0.2, 0) is 0 Å². The van der Waals surface area contributed by atoms with E-state index in [0.29, 0.717) is 0 Å². The van der Waals surface area contributed by atoms with E-state index in [1.54, 1.807) is 6.20 Å². The Labute approximate surface area is 230 Å². The molecule has 0 spiro atoms. The quantitative estimate of drug-likeness (QED) is 0.162. The summed E-state index contributed by atoms with van der Waals surface area (Å²) in [5, 5.41) is 0. The fourth-order valence-corrected chi connectivity index (χ4v) is 3.88. The van der Waals surface area contributed by atoms with Crippen LogP contribution in [-0.4, -0.2) is 18.2 Å². The Balaban J connectivity index is 1.43. The van der Waals surface area contributed by atoms with Crippen LogP contribution in [0.25, 0.3) is 0 Å². The molecular formula is C35H41NO2. The van der Waals surface area contributed by atoms with Crippen LogP contribution in [0.3, 0.4) is 0 Å². The molecule has 0 atom stereocenters. The highest BCUT2D eigenvalue weighted by molar-refractivity contribution is 5.46. The first-order chi connectivity index (χ1) is 18.8. The number of rotatable bonds is 14. The van der Waals surface area contributed by atoms with Crippen molar-refractivity contribution in [1.29, 1.82) is 0 Å². The van der Waals surface area contributed by atoms with E-state index >= 15 is 0 Å². The van der Waals surface area contributed by atoms with Gasteiger partial charge in [-0.1, -0.05) is 83.0 Å². The number of nitrogens with zero attached hydrogens (tertiary/aromatic N) is 1. The van der Waals surface area contributed by atoms with Crippen LogP contribution < -0.4 is 9.47 Å². The molecular weight excluding hydrogens is 466 g/mol. The van der Waals surface area contributed by atoms with Gasteiger partial charge in [0.15, 0.2) is 0 Å². The minimum absolute atomic E-state index is 0.721. The summed E-state index contributed by atoms with van der Waals surface area (Å²) in [5.41, 5.74) is 3.47. The Hall–Kier alpha value is -3.69. The molecule has 1 aromatic heterocycles. The highest BCUT2D eigenvalue weighted by Gasteiger charge is 1.97. The third kappa shape index (κ3) is 11.6. The number of hydrogen-bond acceptors (Lipinski definition) is 3. The molecule has 3 nitrogen and oxygen atoms in total. The lowest BCUT2D eigenvalue weighted by atomic mass is 10.1. The number of hydrogen-bond donors (Lipinski definition) is 0. The number of aromatic nitrogens is 1. The van der Waals surface area contributed by atoms with Gasteiger partial charge in [-0.15, -0.1) is 0 Å². The summed E-state index contributed by atoms with van der Waals surface area (Å²) in [4.78, 5) is 4.45. The van der Waals surface area contributed by atoms with Crippen LogP contribution in [0.4, 0.5) is 0 Å². The van der Waals surface area contributed by atoms with Crippen LogP contribution in [0, 0.1) is 23.7 Å². The number of unbranched alkanes of at least 4 members (excludes halogenated alkanes) is 8. The maximum absolute atomic E-state index is 5.83. The molecule has 0 bridgehead atoms. The van der Waals surface area contributed by atoms with Crippen LogP contribution >= 0.6 is 0 Å². The van der Waals surface area contributed by atoms with Gasteiger partial charge in [0.25, 0.3) is 0 Å². The van der Waals surface area contributed by atoms with Crippen molar-refractivity contribution < 1.29 is 9.47 Å². The van der Waals surface area contributed by atoms with Gasteiger partial charge in [0.2, 0.25) is 0 Å². The standard InChI is InChI=1S/C35H41NO2/c1-3-5-7-9-11-27-37-34-23-17-30(18-24-34)13-14-32-16-22-33(36-29-32)21-15-31-19-25-35(26-20-31)38-28-12-10-8-6-4-2/h16-20,22-26,29H,3-12,27-28H2,1-2H3. The molecule has 2 aromatic carbocycles. The van der Waals surface area contributed by atoms with Crippen LogP contribution in [0.1, 0.15) is 100 Å². The fraction of sp³-hybridized carbons (Fsp3) is 0.400. The predicted octanol–water partition coefficient (Wildman–Crippen LogP) is 8.58. The van der Waals surface area contributed by atoms with Crippen molar-refractivity contribution in [3.8, 4) is 35.2 Å². The third-order valence-electron chi connectivity index (χ3n) is 6.19. The Bertz CT molecular complexity index is 1080. The van der Waals surface area contributed by atoms with E-state index in [1.807, 2.05) is 60.7 Å². The summed E-state index contributed by atoms with van der Waals surface area (Å²) in [7, 11) is 0. The van der Waals surface area contributed by atoms with Gasteiger partial charge < -0.3 is 9.47 Å². The normalized spacial score (nSPS) is 10.2. The average Bonchev–Trinajstić information content (AvgIpc) is 2.96. The van der Waals surface area contributed by atoms with E-state index in [-0.39, 0.29) is 0 Å². The van der Waals surface area contributed by atoms with Gasteiger partial charge in [0.05, 0.1) is 13.2 Å². The van der Waals surface area contributed by atoms with E-state index in [2.05, 4.69) is 42.5 Å². The zero-order chi connectivity index (χ0) is 26.7. The molecule has 1 heterocycles. The Kier molecular flexibility index (Phi) is 13.5. The van der Waals surface area contributed by atoms with Crippen molar-refractivity contribution >= 4 is 0 Å². The molecule has 0 unspecified atom stereocenters. The van der Waals surface area contributed by atoms with Crippen molar-refractivity contribution in [2.24, 2.45) is 0 Å². The maximum atomic E-state index is 5.83. The third-order valence-corrected chi connectivity index (χ3v) is 6.19. The highest BCUT2D eigenvalue weighted by atomic mass is 16.5. The molecule has 38 heavy (non-hydrogen) atoms. The second kappa shape index (κ2) is 17.7. The largest absolute Gasteiger partial charge is 0.494 e. The molecule has 0 radical (unpaired) electrons. The molecule has 3 aromatic rings. The topological polar surface area (TPSA) is 31.4 Å². The van der Waals surface area contributed by atoms with Gasteiger partial charge in [0, 0.05) is 22.9 Å². The number of benzene rings is 2. The van der Waals surface area contributed by atoms with Gasteiger partial charge >= 0.3 is 0 Å². The van der Waals surface area contributed by atoms with Crippen molar-refractivity contribution in [2.45, 2.75) is 78.1 Å². The molecule has 0 aliphatic carbocycles. The summed E-state index contributed by atoms with van der Waals surface area (Å²) in [6.45, 7) is 6.01. The smallest absolute Gasteiger partial charge is 0.119 e. The molecule has 0 amide bonds. The first-order valence-corrected chi connectivity index (χ1v) is 14.2. The Morgan fingerprint density at radius 2 is 0.947 bits per heavy atom. The number of pyridine rings is 1. The first kappa shape index (κ1) is 28.9. The maximum Gasteiger partial charge on any atom is 0.119 e. The van der Waals surface area contributed by atoms with Crippen LogP contribution in [0.5, 0.6) is 11.5 Å². The molecule has 3 heteroatoms.